The standard InChI is InChI=1S/C16H24N2O2S/c1-11(2)14-15(20)18(8-7-13(19)17-14)10-16(3,4)12-6-5-9-21-12/h5-6,9,11,14H,7-8,10H2,1-4H3,(H,17,19). The molecule has 0 radical (unpaired) electrons. The molecule has 4 nitrogen and oxygen atoms in total. The molecule has 1 fully saturated rings. The molecule has 0 spiro atoms. The van der Waals surface area contributed by atoms with Crippen LogP contribution in [0.25, 0.3) is 0 Å². The SMILES string of the molecule is CC(C)C1NC(=O)CCN(CC(C)(C)c2cccs2)C1=O. The maximum absolute atomic E-state index is 12.7. The van der Waals surface area contributed by atoms with Crippen LogP contribution in [0.1, 0.15) is 39.0 Å². The molecule has 0 saturated carbocycles. The normalized spacial score (nSPS) is 20.6. The highest BCUT2D eigenvalue weighted by molar-refractivity contribution is 7.10. The minimum absolute atomic E-state index is 0.0292. The fraction of sp³-hybridized carbons (Fsp3) is 0.625. The van der Waals surface area contributed by atoms with E-state index >= 15 is 0 Å². The van der Waals surface area contributed by atoms with Gasteiger partial charge in [-0.25, -0.2) is 0 Å². The highest BCUT2D eigenvalue weighted by Gasteiger charge is 2.35. The number of carbonyl (C=O) groups excluding carboxylic acids is 2. The number of thiophene rings is 1. The van der Waals surface area contributed by atoms with Gasteiger partial charge >= 0.3 is 0 Å². The number of carbonyl (C=O) groups is 2. The first-order chi connectivity index (χ1) is 9.81. The Balaban J connectivity index is 2.18. The quantitative estimate of drug-likeness (QED) is 0.928. The smallest absolute Gasteiger partial charge is 0.245 e. The highest BCUT2D eigenvalue weighted by atomic mass is 32.1. The zero-order valence-corrected chi connectivity index (χ0v) is 14.0. The van der Waals surface area contributed by atoms with Crippen LogP contribution in [0.15, 0.2) is 17.5 Å². The summed E-state index contributed by atoms with van der Waals surface area (Å²) in [6, 6.07) is 3.74. The summed E-state index contributed by atoms with van der Waals surface area (Å²) >= 11 is 1.71. The van der Waals surface area contributed by atoms with Gasteiger partial charge in [0, 0.05) is 29.8 Å². The zero-order valence-electron chi connectivity index (χ0n) is 13.2. The van der Waals surface area contributed by atoms with Gasteiger partial charge in [0.2, 0.25) is 11.8 Å². The third kappa shape index (κ3) is 3.64. The summed E-state index contributed by atoms with van der Waals surface area (Å²) in [6.45, 7) is 9.38. The molecule has 2 amide bonds. The molecular formula is C16H24N2O2S. The van der Waals surface area contributed by atoms with E-state index in [9.17, 15) is 9.59 Å². The van der Waals surface area contributed by atoms with E-state index in [-0.39, 0.29) is 23.1 Å². The van der Waals surface area contributed by atoms with Crippen molar-refractivity contribution >= 4 is 23.2 Å². The first kappa shape index (κ1) is 16.0. The average molecular weight is 308 g/mol. The Kier molecular flexibility index (Phi) is 4.71. The maximum atomic E-state index is 12.7. The molecule has 1 atom stereocenters. The molecule has 0 aromatic carbocycles. The van der Waals surface area contributed by atoms with Gasteiger partial charge in [0.15, 0.2) is 0 Å². The molecule has 1 aromatic rings. The summed E-state index contributed by atoms with van der Waals surface area (Å²) in [5.41, 5.74) is -0.0985. The van der Waals surface area contributed by atoms with Crippen molar-refractivity contribution in [2.75, 3.05) is 13.1 Å². The molecule has 1 unspecified atom stereocenters. The van der Waals surface area contributed by atoms with Crippen LogP contribution in [0, 0.1) is 5.92 Å². The van der Waals surface area contributed by atoms with Gasteiger partial charge < -0.3 is 10.2 Å². The van der Waals surface area contributed by atoms with Crippen LogP contribution in [0.3, 0.4) is 0 Å². The third-order valence-corrected chi connectivity index (χ3v) is 5.18. The second-order valence-electron chi connectivity index (χ2n) is 6.66. The second kappa shape index (κ2) is 6.18. The van der Waals surface area contributed by atoms with Gasteiger partial charge in [-0.1, -0.05) is 33.8 Å². The summed E-state index contributed by atoms with van der Waals surface area (Å²) in [5, 5.41) is 4.91. The van der Waals surface area contributed by atoms with Gasteiger partial charge in [0.25, 0.3) is 0 Å². The molecule has 1 aliphatic heterocycles. The second-order valence-corrected chi connectivity index (χ2v) is 7.61. The monoisotopic (exact) mass is 308 g/mol. The maximum Gasteiger partial charge on any atom is 0.245 e. The first-order valence-electron chi connectivity index (χ1n) is 7.43. The molecule has 1 aliphatic rings. The fourth-order valence-electron chi connectivity index (χ4n) is 2.68. The van der Waals surface area contributed by atoms with Crippen molar-refractivity contribution in [3.63, 3.8) is 0 Å². The molecule has 2 rings (SSSR count). The number of nitrogens with zero attached hydrogens (tertiary/aromatic N) is 1. The number of nitrogens with one attached hydrogen (secondary N) is 1. The number of hydrogen-bond acceptors (Lipinski definition) is 3. The number of hydrogen-bond donors (Lipinski definition) is 1. The van der Waals surface area contributed by atoms with Crippen molar-refractivity contribution < 1.29 is 9.59 Å². The zero-order chi connectivity index (χ0) is 15.6. The lowest BCUT2D eigenvalue weighted by Gasteiger charge is -2.33. The van der Waals surface area contributed by atoms with E-state index in [2.05, 4.69) is 30.6 Å². The van der Waals surface area contributed by atoms with Crippen LogP contribution in [-0.4, -0.2) is 35.8 Å². The summed E-state index contributed by atoms with van der Waals surface area (Å²) < 4.78 is 0. The van der Waals surface area contributed by atoms with Crippen LogP contribution in [0.2, 0.25) is 0 Å². The molecular weight excluding hydrogens is 284 g/mol. The Morgan fingerprint density at radius 3 is 2.71 bits per heavy atom. The molecule has 1 saturated heterocycles. The van der Waals surface area contributed by atoms with Crippen molar-refractivity contribution in [1.82, 2.24) is 10.2 Å². The van der Waals surface area contributed by atoms with Crippen molar-refractivity contribution in [2.45, 2.75) is 45.6 Å². The average Bonchev–Trinajstić information content (AvgIpc) is 2.90. The highest BCUT2D eigenvalue weighted by Crippen LogP contribution is 2.29. The Hall–Kier alpha value is -1.36. The molecule has 1 N–H and O–H groups in total. The van der Waals surface area contributed by atoms with E-state index in [1.165, 1.54) is 4.88 Å². The van der Waals surface area contributed by atoms with Gasteiger partial charge in [0.1, 0.15) is 6.04 Å². The van der Waals surface area contributed by atoms with Crippen molar-refractivity contribution in [3.05, 3.63) is 22.4 Å². The van der Waals surface area contributed by atoms with Crippen LogP contribution in [0.4, 0.5) is 0 Å². The molecule has 0 aliphatic carbocycles. The third-order valence-electron chi connectivity index (χ3n) is 3.94. The molecule has 2 heterocycles. The van der Waals surface area contributed by atoms with Crippen LogP contribution < -0.4 is 5.32 Å². The van der Waals surface area contributed by atoms with Crippen LogP contribution in [-0.2, 0) is 15.0 Å². The van der Waals surface area contributed by atoms with E-state index in [1.54, 1.807) is 11.3 Å². The summed E-state index contributed by atoms with van der Waals surface area (Å²) in [7, 11) is 0. The van der Waals surface area contributed by atoms with Crippen LogP contribution in [0.5, 0.6) is 0 Å². The van der Waals surface area contributed by atoms with E-state index in [1.807, 2.05) is 24.8 Å². The number of rotatable bonds is 4. The van der Waals surface area contributed by atoms with Crippen LogP contribution >= 0.6 is 11.3 Å². The Labute approximate surface area is 130 Å². The summed E-state index contributed by atoms with van der Waals surface area (Å²) in [4.78, 5) is 27.6. The van der Waals surface area contributed by atoms with Gasteiger partial charge in [-0.3, -0.25) is 9.59 Å². The Morgan fingerprint density at radius 2 is 2.14 bits per heavy atom. The van der Waals surface area contributed by atoms with Gasteiger partial charge in [-0.15, -0.1) is 11.3 Å². The van der Waals surface area contributed by atoms with E-state index < -0.39 is 6.04 Å². The molecule has 116 valence electrons. The summed E-state index contributed by atoms with van der Waals surface area (Å²) in [5.74, 6) is 0.117. The minimum atomic E-state index is -0.404. The van der Waals surface area contributed by atoms with Crippen molar-refractivity contribution in [1.29, 1.82) is 0 Å². The Bertz CT molecular complexity index is 508. The lowest BCUT2D eigenvalue weighted by atomic mass is 9.90. The van der Waals surface area contributed by atoms with Gasteiger partial charge in [-0.2, -0.15) is 0 Å². The predicted molar refractivity (Wildman–Crippen MR) is 85.3 cm³/mol. The van der Waals surface area contributed by atoms with Gasteiger partial charge in [-0.05, 0) is 17.4 Å². The molecule has 0 bridgehead atoms. The molecule has 5 heteroatoms. The van der Waals surface area contributed by atoms with E-state index in [0.717, 1.165) is 0 Å². The first-order valence-corrected chi connectivity index (χ1v) is 8.31. The Morgan fingerprint density at radius 1 is 1.43 bits per heavy atom. The lowest BCUT2D eigenvalue weighted by Crippen LogP contribution is -2.50. The van der Waals surface area contributed by atoms with Crippen molar-refractivity contribution in [3.8, 4) is 0 Å². The fourth-order valence-corrected chi connectivity index (χ4v) is 3.52. The van der Waals surface area contributed by atoms with E-state index in [0.29, 0.717) is 19.5 Å². The van der Waals surface area contributed by atoms with Crippen molar-refractivity contribution in [2.24, 2.45) is 5.92 Å². The largest absolute Gasteiger partial charge is 0.344 e. The molecule has 21 heavy (non-hydrogen) atoms. The van der Waals surface area contributed by atoms with Gasteiger partial charge in [0.05, 0.1) is 0 Å². The lowest BCUT2D eigenvalue weighted by molar-refractivity contribution is -0.135. The van der Waals surface area contributed by atoms with E-state index in [4.69, 9.17) is 0 Å². The predicted octanol–water partition coefficient (Wildman–Crippen LogP) is 2.40. The topological polar surface area (TPSA) is 49.4 Å². The number of amides is 2. The minimum Gasteiger partial charge on any atom is -0.344 e. The summed E-state index contributed by atoms with van der Waals surface area (Å²) in [6.07, 6.45) is 0.384. The molecule has 1 aromatic heterocycles.